The molecule has 0 radical (unpaired) electrons. The van der Waals surface area contributed by atoms with Crippen LogP contribution in [0.1, 0.15) is 79.1 Å². The zero-order valence-electron chi connectivity index (χ0n) is 44.3. The summed E-state index contributed by atoms with van der Waals surface area (Å²) >= 11 is 0. The predicted molar refractivity (Wildman–Crippen MR) is 251 cm³/mol. The lowest BCUT2D eigenvalue weighted by atomic mass is 10.2. The molecule has 0 aliphatic carbocycles. The minimum atomic E-state index is -1.14. The van der Waals surface area contributed by atoms with Crippen LogP contribution < -0.4 is 0 Å². The maximum atomic E-state index is 12.8. The third-order valence-electron chi connectivity index (χ3n) is 10.8. The first-order valence-corrected chi connectivity index (χ1v) is 24.8. The molecule has 0 aromatic carbocycles. The van der Waals surface area contributed by atoms with Crippen LogP contribution in [0.4, 0.5) is 0 Å². The number of carbonyl (C=O) groups excluding carboxylic acids is 15. The fourth-order valence-electron chi connectivity index (χ4n) is 7.54. The van der Waals surface area contributed by atoms with Crippen molar-refractivity contribution in [1.29, 1.82) is 0 Å². The summed E-state index contributed by atoms with van der Waals surface area (Å²) in [5.41, 5.74) is 0.268. The second-order valence-corrected chi connectivity index (χ2v) is 18.0. The van der Waals surface area contributed by atoms with Crippen molar-refractivity contribution < 1.29 is 129 Å². The van der Waals surface area contributed by atoms with Crippen molar-refractivity contribution in [2.24, 2.45) is 0 Å². The molecule has 4 saturated heterocycles. The Labute approximate surface area is 455 Å². The van der Waals surface area contributed by atoms with E-state index in [2.05, 4.69) is 6.58 Å². The van der Waals surface area contributed by atoms with Crippen LogP contribution in [0.3, 0.4) is 0 Å². The first-order valence-electron chi connectivity index (χ1n) is 24.8. The van der Waals surface area contributed by atoms with Gasteiger partial charge in [-0.05, 0) is 34.1 Å². The van der Waals surface area contributed by atoms with Gasteiger partial charge in [0.1, 0.15) is 77.3 Å². The normalized spacial score (nSPS) is 17.0. The van der Waals surface area contributed by atoms with Gasteiger partial charge in [-0.1, -0.05) is 6.58 Å². The smallest absolute Gasteiger partial charge is 0.358 e. The highest BCUT2D eigenvalue weighted by molar-refractivity contribution is 6.03. The Morgan fingerprint density at radius 3 is 0.775 bits per heavy atom. The van der Waals surface area contributed by atoms with Gasteiger partial charge in [-0.3, -0.25) is 43.4 Å². The maximum Gasteiger partial charge on any atom is 0.358 e. The first kappa shape index (κ1) is 64.7. The molecular formula is C47H62N6O27. The number of hydrogen-bond acceptors (Lipinski definition) is 29. The standard InChI is InChI=1S/C47H62N6O27/c1-28-6-7-33(54)50(28)77-44(65)24-69-20-40(61)73-29(2)16-48(17-30(3)74-41(62)21-70-25-45(66)78-51-34(55)8-9-35(51)56)14-15-49(18-31(4)75-42(63)22-71-26-46(67)79-52-36(57)10-11-37(52)58)19-32(5)76-43(64)23-72-27-47(68)80-53-38(59)12-13-39(53)60/h29-32H,1,6-27H2,2-5H3. The molecule has 0 saturated carbocycles. The lowest BCUT2D eigenvalue weighted by Crippen LogP contribution is -2.46. The zero-order valence-corrected chi connectivity index (χ0v) is 44.3. The summed E-state index contributed by atoms with van der Waals surface area (Å²) in [6.07, 6.45) is -4.22. The first-order chi connectivity index (χ1) is 37.9. The van der Waals surface area contributed by atoms with Crippen LogP contribution in [0.5, 0.6) is 0 Å². The Morgan fingerprint density at radius 1 is 0.350 bits per heavy atom. The third kappa shape index (κ3) is 22.9. The molecule has 33 nitrogen and oxygen atoms in total. The van der Waals surface area contributed by atoms with Crippen molar-refractivity contribution >= 4 is 89.1 Å². The number of nitrogens with zero attached hydrogens (tertiary/aromatic N) is 6. The van der Waals surface area contributed by atoms with Crippen molar-refractivity contribution in [3.63, 3.8) is 0 Å². The second-order valence-electron chi connectivity index (χ2n) is 18.0. The van der Waals surface area contributed by atoms with Crippen LogP contribution in [0, 0.1) is 0 Å². The molecule has 4 fully saturated rings. The molecular weight excluding hydrogens is 1080 g/mol. The van der Waals surface area contributed by atoms with Gasteiger partial charge < -0.3 is 57.2 Å². The third-order valence-corrected chi connectivity index (χ3v) is 10.8. The van der Waals surface area contributed by atoms with Gasteiger partial charge in [0.2, 0.25) is 0 Å². The molecule has 4 aliphatic rings. The number of carbonyl (C=O) groups is 15. The number of hydroxylamine groups is 8. The van der Waals surface area contributed by atoms with E-state index in [9.17, 15) is 71.9 Å². The molecule has 442 valence electrons. The molecule has 4 aliphatic heterocycles. The lowest BCUT2D eigenvalue weighted by Gasteiger charge is -2.32. The van der Waals surface area contributed by atoms with Crippen LogP contribution in [0.15, 0.2) is 12.3 Å². The van der Waals surface area contributed by atoms with E-state index in [1.165, 1.54) is 27.7 Å². The molecule has 33 heteroatoms. The lowest BCUT2D eigenvalue weighted by molar-refractivity contribution is -0.200. The van der Waals surface area contributed by atoms with E-state index < -0.39 is 166 Å². The molecule has 0 bridgehead atoms. The SMILES string of the molecule is C=C1CCC(=O)N1OC(=O)COCC(=O)OC(C)CN(CCN(CC(C)OC(=O)COCC(=O)ON1C(=O)CCC1=O)CC(C)OC(=O)COCC(=O)ON1C(=O)CCC1=O)CC(C)OC(=O)COCC(=O)ON1C(=O)CCC1=O. The van der Waals surface area contributed by atoms with E-state index in [1.54, 1.807) is 9.80 Å². The molecule has 0 N–H and O–H groups in total. The molecule has 4 unspecified atom stereocenters. The van der Waals surface area contributed by atoms with Gasteiger partial charge in [-0.15, -0.1) is 20.3 Å². The fourth-order valence-corrected chi connectivity index (χ4v) is 7.54. The molecule has 0 spiro atoms. The number of ether oxygens (including phenoxy) is 8. The van der Waals surface area contributed by atoms with Crippen LogP contribution in [-0.2, 0) is 129 Å². The van der Waals surface area contributed by atoms with Crippen molar-refractivity contribution in [2.75, 3.05) is 92.1 Å². The van der Waals surface area contributed by atoms with Gasteiger partial charge in [0.15, 0.2) is 0 Å². The number of hydrogen-bond donors (Lipinski definition) is 0. The Morgan fingerprint density at radius 2 is 0.550 bits per heavy atom. The van der Waals surface area contributed by atoms with Crippen LogP contribution in [0.25, 0.3) is 0 Å². The number of esters is 4. The number of allylic oxidation sites excluding steroid dienone is 1. The van der Waals surface area contributed by atoms with Crippen LogP contribution >= 0.6 is 0 Å². The van der Waals surface area contributed by atoms with E-state index >= 15 is 0 Å². The summed E-state index contributed by atoms with van der Waals surface area (Å²) in [5.74, 6) is -13.0. The molecule has 7 amide bonds. The van der Waals surface area contributed by atoms with E-state index in [1.807, 2.05) is 0 Å². The Hall–Kier alpha value is -7.85. The highest BCUT2D eigenvalue weighted by Gasteiger charge is 2.36. The van der Waals surface area contributed by atoms with E-state index in [4.69, 9.17) is 57.2 Å². The second kappa shape index (κ2) is 32.3. The van der Waals surface area contributed by atoms with Crippen molar-refractivity contribution in [3.8, 4) is 0 Å². The zero-order chi connectivity index (χ0) is 59.1. The molecule has 4 atom stereocenters. The highest BCUT2D eigenvalue weighted by Crippen LogP contribution is 2.21. The average Bonchev–Trinajstić information content (AvgIpc) is 4.08. The number of amides is 7. The number of rotatable bonds is 35. The summed E-state index contributed by atoms with van der Waals surface area (Å²) in [7, 11) is 0. The quantitative estimate of drug-likeness (QED) is 0.0343. The molecule has 4 rings (SSSR count). The van der Waals surface area contributed by atoms with Gasteiger partial charge >= 0.3 is 47.8 Å². The van der Waals surface area contributed by atoms with E-state index in [0.29, 0.717) is 21.6 Å². The van der Waals surface area contributed by atoms with Crippen molar-refractivity contribution in [3.05, 3.63) is 12.3 Å². The molecule has 0 aromatic rings. The predicted octanol–water partition coefficient (Wildman–Crippen LogP) is -3.20. The molecule has 80 heavy (non-hydrogen) atoms. The summed E-state index contributed by atoms with van der Waals surface area (Å²) in [6.45, 7) is 3.22. The Balaban J connectivity index is 1.38. The van der Waals surface area contributed by atoms with Gasteiger partial charge in [-0.2, -0.15) is 0 Å². The van der Waals surface area contributed by atoms with E-state index in [-0.39, 0.29) is 89.9 Å². The minimum absolute atomic E-state index is 0.0437. The summed E-state index contributed by atoms with van der Waals surface area (Å²) in [6, 6.07) is 0. The summed E-state index contributed by atoms with van der Waals surface area (Å²) in [5, 5.41) is 1.66. The molecule has 0 aromatic heterocycles. The van der Waals surface area contributed by atoms with Gasteiger partial charge in [-0.25, -0.2) is 38.4 Å². The van der Waals surface area contributed by atoms with Crippen LogP contribution in [-0.4, -0.2) is 236 Å². The highest BCUT2D eigenvalue weighted by atomic mass is 16.8. The Kier molecular flexibility index (Phi) is 26.1. The maximum absolute atomic E-state index is 12.8. The van der Waals surface area contributed by atoms with Crippen molar-refractivity contribution in [1.82, 2.24) is 30.1 Å². The van der Waals surface area contributed by atoms with Gasteiger partial charge in [0.05, 0.1) is 5.70 Å². The number of imide groups is 3. The minimum Gasteiger partial charge on any atom is -0.460 e. The summed E-state index contributed by atoms with van der Waals surface area (Å²) < 4.78 is 42.2. The topological polar surface area (TPSA) is 386 Å². The van der Waals surface area contributed by atoms with E-state index in [0.717, 1.165) is 5.06 Å². The molecule has 4 heterocycles. The fraction of sp³-hybridized carbons (Fsp3) is 0.638. The van der Waals surface area contributed by atoms with Crippen molar-refractivity contribution in [2.45, 2.75) is 103 Å². The summed E-state index contributed by atoms with van der Waals surface area (Å²) in [4.78, 5) is 205. The van der Waals surface area contributed by atoms with Gasteiger partial charge in [0.25, 0.3) is 41.4 Å². The van der Waals surface area contributed by atoms with Crippen LogP contribution in [0.2, 0.25) is 0 Å². The monoisotopic (exact) mass is 1140 g/mol. The largest absolute Gasteiger partial charge is 0.460 e. The average molecular weight is 1140 g/mol. The Bertz CT molecular complexity index is 2000. The van der Waals surface area contributed by atoms with Gasteiger partial charge in [0, 0.05) is 84.2 Å².